The molecule has 0 saturated heterocycles. The van der Waals surface area contributed by atoms with Crippen LogP contribution in [0.3, 0.4) is 0 Å². The van der Waals surface area contributed by atoms with Crippen molar-refractivity contribution in [2.75, 3.05) is 10.2 Å². The second-order valence-electron chi connectivity index (χ2n) is 20.8. The predicted molar refractivity (Wildman–Crippen MR) is 328 cm³/mol. The van der Waals surface area contributed by atoms with Gasteiger partial charge in [0.2, 0.25) is 0 Å². The summed E-state index contributed by atoms with van der Waals surface area (Å²) >= 11 is 0. The molecule has 6 heteroatoms. The number of nitrogens with zero attached hydrogens (tertiary/aromatic N) is 3. The number of hydrogen-bond acceptors (Lipinski definition) is 3. The minimum Gasteiger partial charge on any atom is -0.456 e. The molecule has 78 heavy (non-hydrogen) atoms. The highest BCUT2D eigenvalue weighted by Crippen LogP contribution is 2.50. The molecule has 5 nitrogen and oxygen atoms in total. The quantitative estimate of drug-likeness (QED) is 0.169. The van der Waals surface area contributed by atoms with E-state index < -0.39 is 0 Å². The molecule has 362 valence electrons. The number of fused-ring (bicyclic) bond motifs is 13. The van der Waals surface area contributed by atoms with Crippen molar-refractivity contribution in [2.45, 2.75) is 0 Å². The van der Waals surface area contributed by atoms with E-state index in [1.165, 1.54) is 60.0 Å². The van der Waals surface area contributed by atoms with Gasteiger partial charge in [-0.15, -0.1) is 0 Å². The largest absolute Gasteiger partial charge is 0.456 e. The minimum absolute atomic E-state index is 0.115. The van der Waals surface area contributed by atoms with Crippen molar-refractivity contribution in [3.63, 3.8) is 0 Å². The van der Waals surface area contributed by atoms with Crippen LogP contribution >= 0.6 is 0 Å². The first-order valence-corrected chi connectivity index (χ1v) is 26.9. The molecule has 0 amide bonds. The van der Waals surface area contributed by atoms with Gasteiger partial charge in [0.25, 0.3) is 6.71 Å². The Hall–Kier alpha value is -10.3. The maximum absolute atomic E-state index is 6.43. The zero-order chi connectivity index (χ0) is 51.0. The zero-order valence-electron chi connectivity index (χ0n) is 42.2. The summed E-state index contributed by atoms with van der Waals surface area (Å²) in [6.07, 6.45) is 0. The number of rotatable bonds is 6. The summed E-state index contributed by atoms with van der Waals surface area (Å²) in [6, 6.07) is 98.1. The number of nitrogens with one attached hydrogen (secondary N) is 1. The van der Waals surface area contributed by atoms with Crippen LogP contribution in [0.25, 0.3) is 110 Å². The lowest BCUT2D eigenvalue weighted by molar-refractivity contribution is 0.669. The lowest BCUT2D eigenvalue weighted by atomic mass is 9.33. The molecule has 0 radical (unpaired) electrons. The van der Waals surface area contributed by atoms with Crippen molar-refractivity contribution >= 4 is 117 Å². The zero-order valence-corrected chi connectivity index (χ0v) is 42.2. The first kappa shape index (κ1) is 43.0. The summed E-state index contributed by atoms with van der Waals surface area (Å²) in [5.41, 5.74) is 24.8. The highest BCUT2D eigenvalue weighted by Gasteiger charge is 2.42. The Morgan fingerprint density at radius 1 is 0.321 bits per heavy atom. The van der Waals surface area contributed by atoms with Crippen LogP contribution in [-0.2, 0) is 0 Å². The molecule has 1 N–H and O–H groups in total. The summed E-state index contributed by atoms with van der Waals surface area (Å²) in [6.45, 7) is -0.115. The van der Waals surface area contributed by atoms with E-state index in [4.69, 9.17) is 4.42 Å². The van der Waals surface area contributed by atoms with Gasteiger partial charge in [-0.3, -0.25) is 0 Å². The Balaban J connectivity index is 0.986. The van der Waals surface area contributed by atoms with E-state index in [9.17, 15) is 0 Å². The lowest BCUT2D eigenvalue weighted by Gasteiger charge is -2.42. The van der Waals surface area contributed by atoms with E-state index in [0.717, 1.165) is 95.1 Å². The summed E-state index contributed by atoms with van der Waals surface area (Å²) in [5, 5.41) is 11.3. The Labute approximate surface area is 450 Å². The molecule has 0 saturated carbocycles. The summed E-state index contributed by atoms with van der Waals surface area (Å²) < 4.78 is 11.3. The molecule has 0 unspecified atom stereocenters. The van der Waals surface area contributed by atoms with Crippen LogP contribution in [0, 0.1) is 0 Å². The van der Waals surface area contributed by atoms with Gasteiger partial charge in [-0.1, -0.05) is 188 Å². The van der Waals surface area contributed by atoms with Crippen molar-refractivity contribution in [1.29, 1.82) is 0 Å². The van der Waals surface area contributed by atoms with E-state index in [1.54, 1.807) is 0 Å². The molecule has 0 bridgehead atoms. The van der Waals surface area contributed by atoms with E-state index in [2.05, 4.69) is 280 Å². The van der Waals surface area contributed by atoms with Crippen molar-refractivity contribution in [1.82, 2.24) is 9.13 Å². The third-order valence-electron chi connectivity index (χ3n) is 16.7. The summed E-state index contributed by atoms with van der Waals surface area (Å²) in [7, 11) is 0. The first-order valence-electron chi connectivity index (χ1n) is 26.9. The number of aromatic nitrogens is 2. The van der Waals surface area contributed by atoms with Crippen molar-refractivity contribution in [3.8, 4) is 44.8 Å². The highest BCUT2D eigenvalue weighted by atomic mass is 16.3. The molecule has 2 aliphatic heterocycles. The van der Waals surface area contributed by atoms with Crippen LogP contribution in [0.1, 0.15) is 0 Å². The van der Waals surface area contributed by atoms with E-state index in [0.29, 0.717) is 0 Å². The van der Waals surface area contributed by atoms with Gasteiger partial charge in [-0.25, -0.2) is 0 Å². The number of anilines is 5. The molecule has 0 fully saturated rings. The van der Waals surface area contributed by atoms with E-state index in [1.807, 2.05) is 6.07 Å². The average molecular weight is 993 g/mol. The molecule has 3 aromatic heterocycles. The Kier molecular flexibility index (Phi) is 9.15. The molecule has 5 heterocycles. The van der Waals surface area contributed by atoms with E-state index in [-0.39, 0.29) is 6.71 Å². The topological polar surface area (TPSA) is 38.3 Å². The SMILES string of the molecule is c1ccc(-c2cccc(-c3ccccc3)c2N2c3cc(-n4c5ccccc5c5ccccc54)ccc3B3c4ccc(-n5c6ccccc6c6ccccc65)cc4Nc4cc(-c5ccc6oc7ccccc7c6c5)cc2c43)cc1. The van der Waals surface area contributed by atoms with Gasteiger partial charge in [-0.2, -0.15) is 0 Å². The fourth-order valence-electron chi connectivity index (χ4n) is 13.3. The molecule has 17 rings (SSSR count). The molecule has 15 aromatic rings. The van der Waals surface area contributed by atoms with Crippen LogP contribution < -0.4 is 26.6 Å². The third-order valence-corrected chi connectivity index (χ3v) is 16.7. The number of para-hydroxylation sites is 6. The van der Waals surface area contributed by atoms with Gasteiger partial charge in [0.05, 0.1) is 27.8 Å². The Morgan fingerprint density at radius 3 is 1.44 bits per heavy atom. The van der Waals surface area contributed by atoms with Gasteiger partial charge in [0.1, 0.15) is 11.2 Å². The van der Waals surface area contributed by atoms with Gasteiger partial charge in [0.15, 0.2) is 0 Å². The molecule has 0 aliphatic carbocycles. The second kappa shape index (κ2) is 16.6. The van der Waals surface area contributed by atoms with Crippen LogP contribution in [0.5, 0.6) is 0 Å². The van der Waals surface area contributed by atoms with Crippen molar-refractivity contribution in [3.05, 3.63) is 267 Å². The van der Waals surface area contributed by atoms with Gasteiger partial charge in [-0.05, 0) is 118 Å². The fourth-order valence-corrected chi connectivity index (χ4v) is 13.3. The van der Waals surface area contributed by atoms with E-state index >= 15 is 0 Å². The minimum atomic E-state index is -0.115. The maximum Gasteiger partial charge on any atom is 0.252 e. The molecule has 2 aliphatic rings. The second-order valence-corrected chi connectivity index (χ2v) is 20.8. The lowest BCUT2D eigenvalue weighted by Crippen LogP contribution is -2.60. The van der Waals surface area contributed by atoms with Gasteiger partial charge < -0.3 is 23.8 Å². The molecule has 12 aromatic carbocycles. The molecular weight excluding hydrogens is 948 g/mol. The molecular formula is C72H45BN4O. The first-order chi connectivity index (χ1) is 38.7. The summed E-state index contributed by atoms with van der Waals surface area (Å²) in [5.74, 6) is 0. The normalized spacial score (nSPS) is 12.7. The maximum atomic E-state index is 6.43. The average Bonchev–Trinajstić information content (AvgIpc) is 4.30. The van der Waals surface area contributed by atoms with Crippen LogP contribution in [0.2, 0.25) is 0 Å². The van der Waals surface area contributed by atoms with Crippen LogP contribution in [0.4, 0.5) is 28.4 Å². The van der Waals surface area contributed by atoms with Crippen molar-refractivity contribution in [2.24, 2.45) is 0 Å². The highest BCUT2D eigenvalue weighted by molar-refractivity contribution is 7.00. The predicted octanol–water partition coefficient (Wildman–Crippen LogP) is 17.1. The molecule has 0 atom stereocenters. The monoisotopic (exact) mass is 992 g/mol. The number of hydrogen-bond donors (Lipinski definition) is 1. The number of benzene rings is 12. The summed E-state index contributed by atoms with van der Waals surface area (Å²) in [4.78, 5) is 2.61. The Morgan fingerprint density at radius 2 is 0.833 bits per heavy atom. The molecule has 0 spiro atoms. The van der Waals surface area contributed by atoms with Gasteiger partial charge in [0, 0.05) is 77.6 Å². The van der Waals surface area contributed by atoms with Gasteiger partial charge >= 0.3 is 0 Å². The number of furan rings is 1. The van der Waals surface area contributed by atoms with Crippen molar-refractivity contribution < 1.29 is 4.42 Å². The fraction of sp³-hybridized carbons (Fsp3) is 0. The third kappa shape index (κ3) is 6.26. The van der Waals surface area contributed by atoms with Crippen LogP contribution in [-0.4, -0.2) is 15.8 Å². The smallest absolute Gasteiger partial charge is 0.252 e. The van der Waals surface area contributed by atoms with Crippen LogP contribution in [0.15, 0.2) is 271 Å². The Bertz CT molecular complexity index is 4810. The standard InChI is InChI=1S/C72H45BN4O/c1-3-18-45(19-4-1)51-27-17-28-52(46-20-5-2-6-21-46)72(51)77-67-44-50(76-65-31-14-9-24-55(65)56-25-10-15-32-66(56)76)36-38-60(67)73-59-37-35-49(75-63-29-12-7-22-53(63)54-23-8-13-30-64(54)75)43-61(59)74-62-41-48(42-68(77)71(62)73)47-34-39-70-58(40-47)57-26-11-16-33-69(57)78-70/h1-44,74H.